The molecule has 0 radical (unpaired) electrons. The molecule has 1 aromatic rings. The fourth-order valence-corrected chi connectivity index (χ4v) is 5.71. The molecule has 31 heavy (non-hydrogen) atoms. The number of nitrogens with zero attached hydrogens (tertiary/aromatic N) is 3. The Labute approximate surface area is 183 Å². The number of carbonyl (C=O) groups is 2. The molecule has 168 valence electrons. The summed E-state index contributed by atoms with van der Waals surface area (Å²) in [6.07, 6.45) is 4.85. The Balaban J connectivity index is 1.32. The summed E-state index contributed by atoms with van der Waals surface area (Å²) < 4.78 is 26.7. The van der Waals surface area contributed by atoms with Crippen LogP contribution in [0.5, 0.6) is 0 Å². The molecular weight excluding hydrogens is 416 g/mol. The van der Waals surface area contributed by atoms with Gasteiger partial charge in [-0.2, -0.15) is 4.31 Å². The van der Waals surface area contributed by atoms with Gasteiger partial charge < -0.3 is 5.32 Å². The van der Waals surface area contributed by atoms with Crippen molar-refractivity contribution in [3.05, 3.63) is 41.3 Å². The third kappa shape index (κ3) is 4.68. The third-order valence-electron chi connectivity index (χ3n) is 6.64. The summed E-state index contributed by atoms with van der Waals surface area (Å²) in [6.45, 7) is 3.98. The molecule has 0 atom stereocenters. The van der Waals surface area contributed by atoms with Crippen LogP contribution in [-0.2, 0) is 14.8 Å². The molecule has 1 aromatic carbocycles. The number of rotatable bonds is 5. The lowest BCUT2D eigenvalue weighted by Crippen LogP contribution is -2.53. The zero-order valence-electron chi connectivity index (χ0n) is 17.9. The van der Waals surface area contributed by atoms with Crippen LogP contribution >= 0.6 is 0 Å². The first-order valence-electron chi connectivity index (χ1n) is 10.9. The zero-order valence-corrected chi connectivity index (χ0v) is 18.7. The van der Waals surface area contributed by atoms with Gasteiger partial charge in [0, 0.05) is 31.6 Å². The molecule has 3 amide bonds. The van der Waals surface area contributed by atoms with E-state index in [1.165, 1.54) is 14.6 Å². The van der Waals surface area contributed by atoms with E-state index in [4.69, 9.17) is 0 Å². The van der Waals surface area contributed by atoms with E-state index >= 15 is 0 Å². The quantitative estimate of drug-likeness (QED) is 0.700. The zero-order chi connectivity index (χ0) is 22.1. The van der Waals surface area contributed by atoms with Crippen molar-refractivity contribution in [2.24, 2.45) is 5.92 Å². The number of imide groups is 1. The van der Waals surface area contributed by atoms with Crippen LogP contribution in [-0.4, -0.2) is 72.8 Å². The van der Waals surface area contributed by atoms with Gasteiger partial charge in [-0.3, -0.25) is 9.69 Å². The maximum Gasteiger partial charge on any atom is 0.326 e. The van der Waals surface area contributed by atoms with Gasteiger partial charge in [0.25, 0.3) is 5.91 Å². The molecule has 0 aromatic heterocycles. The molecule has 1 N–H and O–H groups in total. The summed E-state index contributed by atoms with van der Waals surface area (Å²) in [6, 6.07) is 8.97. The predicted octanol–water partition coefficient (Wildman–Crippen LogP) is 2.06. The van der Waals surface area contributed by atoms with Crippen LogP contribution in [0.3, 0.4) is 0 Å². The summed E-state index contributed by atoms with van der Waals surface area (Å²) in [5.41, 5.74) is 0.0890. The number of benzene rings is 1. The maximum absolute atomic E-state index is 13.0. The average molecular weight is 447 g/mol. The fourth-order valence-electron chi connectivity index (χ4n) is 4.54. The highest BCUT2D eigenvalue weighted by atomic mass is 32.2. The number of nitrogens with one attached hydrogen (secondary N) is 1. The van der Waals surface area contributed by atoms with Crippen molar-refractivity contribution in [2.45, 2.75) is 38.1 Å². The van der Waals surface area contributed by atoms with Crippen molar-refractivity contribution in [3.63, 3.8) is 0 Å². The number of hydrogen-bond donors (Lipinski definition) is 1. The van der Waals surface area contributed by atoms with Gasteiger partial charge in [0.2, 0.25) is 10.0 Å². The summed E-state index contributed by atoms with van der Waals surface area (Å²) in [4.78, 5) is 28.8. The van der Waals surface area contributed by atoms with Crippen molar-refractivity contribution in [1.29, 1.82) is 0 Å². The Kier molecular flexibility index (Phi) is 6.18. The van der Waals surface area contributed by atoms with Gasteiger partial charge >= 0.3 is 6.03 Å². The number of hydrogen-bond acceptors (Lipinski definition) is 5. The molecule has 3 aliphatic rings. The van der Waals surface area contributed by atoms with Gasteiger partial charge in [-0.05, 0) is 43.2 Å². The SMILES string of the molecule is CC1CCC2(CC1)NC(=O)N(CN1CCN(S(=O)(=O)C=Cc3ccccc3)CC1)C2=O. The largest absolute Gasteiger partial charge is 0.326 e. The Morgan fingerprint density at radius 3 is 2.35 bits per heavy atom. The van der Waals surface area contributed by atoms with Crippen molar-refractivity contribution < 1.29 is 18.0 Å². The summed E-state index contributed by atoms with van der Waals surface area (Å²) >= 11 is 0. The Bertz CT molecular complexity index is 947. The van der Waals surface area contributed by atoms with E-state index in [9.17, 15) is 18.0 Å². The number of piperazine rings is 1. The fraction of sp³-hybridized carbons (Fsp3) is 0.545. The average Bonchev–Trinajstić information content (AvgIpc) is 3.00. The predicted molar refractivity (Wildman–Crippen MR) is 118 cm³/mol. The first-order chi connectivity index (χ1) is 14.8. The minimum absolute atomic E-state index is 0.134. The minimum atomic E-state index is -3.51. The second-order valence-electron chi connectivity index (χ2n) is 8.84. The standard InChI is InChI=1S/C22H30N4O4S/c1-18-7-10-22(11-8-18)20(27)26(21(28)23-22)17-24-12-14-25(15-13-24)31(29,30)16-9-19-5-3-2-4-6-19/h2-6,9,16,18H,7-8,10-15,17H2,1H3,(H,23,28). The highest BCUT2D eigenvalue weighted by molar-refractivity contribution is 7.92. The van der Waals surface area contributed by atoms with Gasteiger partial charge in [0.05, 0.1) is 6.67 Å². The molecule has 9 heteroatoms. The Morgan fingerprint density at radius 2 is 1.71 bits per heavy atom. The Morgan fingerprint density at radius 1 is 1.06 bits per heavy atom. The topological polar surface area (TPSA) is 90.0 Å². The molecule has 4 rings (SSSR count). The molecule has 2 heterocycles. The van der Waals surface area contributed by atoms with Gasteiger partial charge in [-0.1, -0.05) is 37.3 Å². The van der Waals surface area contributed by atoms with Crippen molar-refractivity contribution >= 4 is 28.0 Å². The van der Waals surface area contributed by atoms with E-state index in [1.807, 2.05) is 35.2 Å². The minimum Gasteiger partial charge on any atom is -0.323 e. The smallest absolute Gasteiger partial charge is 0.323 e. The van der Waals surface area contributed by atoms with E-state index in [1.54, 1.807) is 6.08 Å². The number of amides is 3. The third-order valence-corrected chi connectivity index (χ3v) is 8.20. The lowest BCUT2D eigenvalue weighted by atomic mass is 9.77. The van der Waals surface area contributed by atoms with E-state index in [0.717, 1.165) is 18.4 Å². The van der Waals surface area contributed by atoms with Crippen LogP contribution in [0.25, 0.3) is 6.08 Å². The highest BCUT2D eigenvalue weighted by Gasteiger charge is 2.52. The summed E-state index contributed by atoms with van der Waals surface area (Å²) in [7, 11) is -3.51. The molecule has 1 spiro atoms. The van der Waals surface area contributed by atoms with Crippen LogP contribution in [0, 0.1) is 5.92 Å². The molecule has 8 nitrogen and oxygen atoms in total. The van der Waals surface area contributed by atoms with E-state index < -0.39 is 15.6 Å². The highest BCUT2D eigenvalue weighted by Crippen LogP contribution is 2.36. The molecular formula is C22H30N4O4S. The van der Waals surface area contributed by atoms with Crippen LogP contribution < -0.4 is 5.32 Å². The van der Waals surface area contributed by atoms with Crippen LogP contribution in [0.2, 0.25) is 0 Å². The molecule has 0 unspecified atom stereocenters. The molecule has 3 fully saturated rings. The molecule has 2 aliphatic heterocycles. The second-order valence-corrected chi connectivity index (χ2v) is 10.7. The molecule has 1 aliphatic carbocycles. The normalized spacial score (nSPS) is 28.5. The van der Waals surface area contributed by atoms with E-state index in [2.05, 4.69) is 12.2 Å². The molecule has 0 bridgehead atoms. The van der Waals surface area contributed by atoms with Crippen molar-refractivity contribution in [2.75, 3.05) is 32.8 Å². The first kappa shape index (κ1) is 22.0. The first-order valence-corrected chi connectivity index (χ1v) is 12.4. The maximum atomic E-state index is 13.0. The summed E-state index contributed by atoms with van der Waals surface area (Å²) in [5.74, 6) is 0.445. The molecule has 1 saturated carbocycles. The van der Waals surface area contributed by atoms with Gasteiger partial charge in [0.1, 0.15) is 5.54 Å². The van der Waals surface area contributed by atoms with Crippen molar-refractivity contribution in [1.82, 2.24) is 19.4 Å². The lowest BCUT2D eigenvalue weighted by Gasteiger charge is -2.36. The Hall–Kier alpha value is -2.23. The number of urea groups is 1. The van der Waals surface area contributed by atoms with Crippen LogP contribution in [0.1, 0.15) is 38.2 Å². The molecule has 2 saturated heterocycles. The number of sulfonamides is 1. The van der Waals surface area contributed by atoms with Crippen molar-refractivity contribution in [3.8, 4) is 0 Å². The van der Waals surface area contributed by atoms with Crippen LogP contribution in [0.4, 0.5) is 4.79 Å². The summed E-state index contributed by atoms with van der Waals surface area (Å²) in [5, 5.41) is 4.18. The van der Waals surface area contributed by atoms with E-state index in [0.29, 0.717) is 44.9 Å². The van der Waals surface area contributed by atoms with Gasteiger partial charge in [-0.15, -0.1) is 0 Å². The lowest BCUT2D eigenvalue weighted by molar-refractivity contribution is -0.134. The van der Waals surface area contributed by atoms with Gasteiger partial charge in [-0.25, -0.2) is 18.1 Å². The second kappa shape index (κ2) is 8.72. The monoisotopic (exact) mass is 446 g/mol. The van der Waals surface area contributed by atoms with E-state index in [-0.39, 0.29) is 18.6 Å². The van der Waals surface area contributed by atoms with Gasteiger partial charge in [0.15, 0.2) is 0 Å². The van der Waals surface area contributed by atoms with Crippen LogP contribution in [0.15, 0.2) is 35.7 Å². The number of carbonyl (C=O) groups excluding carboxylic acids is 2.